The SMILES string of the molecule is CCCCCCCCCC(CCCCCCCCO)OC(=O)CC1CCN(C)CC1. The molecule has 1 fully saturated rings. The molecule has 0 bridgehead atoms. The highest BCUT2D eigenvalue weighted by molar-refractivity contribution is 5.69. The minimum absolute atomic E-state index is 0.0421. The van der Waals surface area contributed by atoms with E-state index in [0.29, 0.717) is 18.9 Å². The molecular formula is C26H51NO3. The van der Waals surface area contributed by atoms with Crippen molar-refractivity contribution in [1.82, 2.24) is 4.90 Å². The first-order chi connectivity index (χ1) is 14.7. The van der Waals surface area contributed by atoms with E-state index in [4.69, 9.17) is 9.84 Å². The van der Waals surface area contributed by atoms with Crippen LogP contribution < -0.4 is 0 Å². The molecule has 0 saturated carbocycles. The first-order valence-electron chi connectivity index (χ1n) is 13.1. The Morgan fingerprint density at radius 2 is 1.37 bits per heavy atom. The lowest BCUT2D eigenvalue weighted by atomic mass is 9.94. The number of rotatable bonds is 19. The van der Waals surface area contributed by atoms with Crippen LogP contribution in [0.25, 0.3) is 0 Å². The van der Waals surface area contributed by atoms with Crippen LogP contribution in [0.1, 0.15) is 122 Å². The van der Waals surface area contributed by atoms with Gasteiger partial charge in [-0.25, -0.2) is 0 Å². The lowest BCUT2D eigenvalue weighted by molar-refractivity contribution is -0.151. The zero-order chi connectivity index (χ0) is 21.9. The maximum Gasteiger partial charge on any atom is 0.306 e. The largest absolute Gasteiger partial charge is 0.462 e. The number of carbonyl (C=O) groups excluding carboxylic acids is 1. The van der Waals surface area contributed by atoms with Gasteiger partial charge in [-0.05, 0) is 71.0 Å². The molecule has 0 amide bonds. The van der Waals surface area contributed by atoms with Crippen molar-refractivity contribution < 1.29 is 14.6 Å². The third kappa shape index (κ3) is 15.2. The van der Waals surface area contributed by atoms with Gasteiger partial charge in [-0.2, -0.15) is 0 Å². The normalized spacial score (nSPS) is 16.6. The fraction of sp³-hybridized carbons (Fsp3) is 0.962. The number of unbranched alkanes of at least 4 members (excludes halogenated alkanes) is 11. The van der Waals surface area contributed by atoms with E-state index < -0.39 is 0 Å². The molecule has 1 saturated heterocycles. The van der Waals surface area contributed by atoms with Crippen molar-refractivity contribution in [2.75, 3.05) is 26.7 Å². The number of esters is 1. The quantitative estimate of drug-likeness (QED) is 0.190. The summed E-state index contributed by atoms with van der Waals surface area (Å²) in [6, 6.07) is 0. The molecule has 1 heterocycles. The van der Waals surface area contributed by atoms with Gasteiger partial charge in [-0.3, -0.25) is 4.79 Å². The third-order valence-electron chi connectivity index (χ3n) is 6.66. The molecular weight excluding hydrogens is 374 g/mol. The second-order valence-electron chi connectivity index (χ2n) is 9.61. The molecule has 0 aromatic carbocycles. The monoisotopic (exact) mass is 425 g/mol. The molecule has 4 heteroatoms. The highest BCUT2D eigenvalue weighted by atomic mass is 16.5. The number of hydrogen-bond donors (Lipinski definition) is 1. The van der Waals surface area contributed by atoms with Crippen LogP contribution in [0.3, 0.4) is 0 Å². The molecule has 1 N–H and O–H groups in total. The first-order valence-corrected chi connectivity index (χ1v) is 13.1. The van der Waals surface area contributed by atoms with E-state index in [2.05, 4.69) is 18.9 Å². The molecule has 178 valence electrons. The van der Waals surface area contributed by atoms with Crippen LogP contribution in [0.5, 0.6) is 0 Å². The fourth-order valence-electron chi connectivity index (χ4n) is 4.52. The Morgan fingerprint density at radius 1 is 0.867 bits per heavy atom. The van der Waals surface area contributed by atoms with Crippen LogP contribution in [-0.2, 0) is 9.53 Å². The van der Waals surface area contributed by atoms with E-state index in [9.17, 15) is 4.79 Å². The molecule has 0 aromatic heterocycles. The smallest absolute Gasteiger partial charge is 0.306 e. The molecule has 1 unspecified atom stereocenters. The summed E-state index contributed by atoms with van der Waals surface area (Å²) in [4.78, 5) is 14.9. The van der Waals surface area contributed by atoms with Crippen molar-refractivity contribution in [1.29, 1.82) is 0 Å². The highest BCUT2D eigenvalue weighted by Gasteiger charge is 2.22. The van der Waals surface area contributed by atoms with Gasteiger partial charge in [0, 0.05) is 13.0 Å². The number of likely N-dealkylation sites (tertiary alicyclic amines) is 1. The summed E-state index contributed by atoms with van der Waals surface area (Å²) in [6.07, 6.45) is 21.1. The second-order valence-corrected chi connectivity index (χ2v) is 9.61. The van der Waals surface area contributed by atoms with Crippen LogP contribution in [0.15, 0.2) is 0 Å². The predicted octanol–water partition coefficient (Wildman–Crippen LogP) is 6.49. The summed E-state index contributed by atoms with van der Waals surface area (Å²) >= 11 is 0. The van der Waals surface area contributed by atoms with Gasteiger partial charge in [0.25, 0.3) is 0 Å². The van der Waals surface area contributed by atoms with E-state index in [0.717, 1.165) is 58.0 Å². The van der Waals surface area contributed by atoms with Gasteiger partial charge in [-0.15, -0.1) is 0 Å². The number of aliphatic hydroxyl groups excluding tert-OH is 1. The Morgan fingerprint density at radius 3 is 1.90 bits per heavy atom. The van der Waals surface area contributed by atoms with Crippen LogP contribution in [-0.4, -0.2) is 48.8 Å². The van der Waals surface area contributed by atoms with Gasteiger partial charge >= 0.3 is 5.97 Å². The van der Waals surface area contributed by atoms with Crippen molar-refractivity contribution in [3.8, 4) is 0 Å². The molecule has 0 aromatic rings. The van der Waals surface area contributed by atoms with Gasteiger partial charge in [0.1, 0.15) is 6.10 Å². The number of nitrogens with zero attached hydrogens (tertiary/aromatic N) is 1. The van der Waals surface area contributed by atoms with Gasteiger partial charge in [-0.1, -0.05) is 71.1 Å². The van der Waals surface area contributed by atoms with Crippen LogP contribution >= 0.6 is 0 Å². The van der Waals surface area contributed by atoms with Crippen molar-refractivity contribution in [3.05, 3.63) is 0 Å². The second kappa shape index (κ2) is 19.1. The van der Waals surface area contributed by atoms with Crippen molar-refractivity contribution in [2.45, 2.75) is 129 Å². The number of piperidine rings is 1. The number of ether oxygens (including phenoxy) is 1. The average molecular weight is 426 g/mol. The van der Waals surface area contributed by atoms with E-state index >= 15 is 0 Å². The molecule has 0 radical (unpaired) electrons. The molecule has 30 heavy (non-hydrogen) atoms. The van der Waals surface area contributed by atoms with Crippen molar-refractivity contribution in [2.24, 2.45) is 5.92 Å². The summed E-state index contributed by atoms with van der Waals surface area (Å²) in [6.45, 7) is 4.79. The summed E-state index contributed by atoms with van der Waals surface area (Å²) in [5.41, 5.74) is 0. The Bertz CT molecular complexity index is 376. The Kier molecular flexibility index (Phi) is 17.5. The maximum atomic E-state index is 12.6. The average Bonchev–Trinajstić information content (AvgIpc) is 2.73. The van der Waals surface area contributed by atoms with E-state index in [-0.39, 0.29) is 12.1 Å². The van der Waals surface area contributed by atoms with Gasteiger partial charge in [0.15, 0.2) is 0 Å². The van der Waals surface area contributed by atoms with Crippen LogP contribution in [0.2, 0.25) is 0 Å². The van der Waals surface area contributed by atoms with Gasteiger partial charge in [0.2, 0.25) is 0 Å². The van der Waals surface area contributed by atoms with E-state index in [1.807, 2.05) is 0 Å². The minimum Gasteiger partial charge on any atom is -0.462 e. The summed E-state index contributed by atoms with van der Waals surface area (Å²) < 4.78 is 5.98. The maximum absolute atomic E-state index is 12.6. The lowest BCUT2D eigenvalue weighted by Crippen LogP contribution is -2.31. The Labute approximate surface area is 187 Å². The zero-order valence-corrected chi connectivity index (χ0v) is 20.2. The number of aliphatic hydroxyl groups is 1. The van der Waals surface area contributed by atoms with E-state index in [1.54, 1.807) is 0 Å². The number of hydrogen-bond acceptors (Lipinski definition) is 4. The Hall–Kier alpha value is -0.610. The molecule has 1 aliphatic rings. The lowest BCUT2D eigenvalue weighted by Gasteiger charge is -2.28. The topological polar surface area (TPSA) is 49.8 Å². The molecule has 1 rings (SSSR count). The molecule has 0 aliphatic carbocycles. The van der Waals surface area contributed by atoms with Gasteiger partial charge < -0.3 is 14.7 Å². The number of carbonyl (C=O) groups is 1. The summed E-state index contributed by atoms with van der Waals surface area (Å²) in [5, 5.41) is 8.87. The highest BCUT2D eigenvalue weighted by Crippen LogP contribution is 2.22. The summed E-state index contributed by atoms with van der Waals surface area (Å²) in [5.74, 6) is 0.555. The van der Waals surface area contributed by atoms with E-state index in [1.165, 1.54) is 64.2 Å². The van der Waals surface area contributed by atoms with Crippen molar-refractivity contribution >= 4 is 5.97 Å². The molecule has 1 atom stereocenters. The minimum atomic E-state index is 0.0421. The fourth-order valence-corrected chi connectivity index (χ4v) is 4.52. The standard InChI is InChI=1S/C26H51NO3/c1-3-4-5-6-7-10-13-16-25(17-14-11-8-9-12-15-22-28)30-26(29)23-24-18-20-27(2)21-19-24/h24-25,28H,3-23H2,1-2H3. The van der Waals surface area contributed by atoms with Crippen LogP contribution in [0.4, 0.5) is 0 Å². The summed E-state index contributed by atoms with van der Waals surface area (Å²) in [7, 11) is 2.16. The molecule has 4 nitrogen and oxygen atoms in total. The van der Waals surface area contributed by atoms with Crippen LogP contribution in [0, 0.1) is 5.92 Å². The molecule has 1 aliphatic heterocycles. The van der Waals surface area contributed by atoms with Crippen molar-refractivity contribution in [3.63, 3.8) is 0 Å². The molecule has 0 spiro atoms. The predicted molar refractivity (Wildman–Crippen MR) is 127 cm³/mol. The zero-order valence-electron chi connectivity index (χ0n) is 20.2. The first kappa shape index (κ1) is 27.4. The Balaban J connectivity index is 2.26. The third-order valence-corrected chi connectivity index (χ3v) is 6.66. The van der Waals surface area contributed by atoms with Gasteiger partial charge in [0.05, 0.1) is 0 Å².